The Morgan fingerprint density at radius 3 is 1.35 bits per heavy atom. The van der Waals surface area contributed by atoms with Crippen LogP contribution in [0.5, 0.6) is 0 Å². The van der Waals surface area contributed by atoms with E-state index < -0.39 is 0 Å². The first-order valence-corrected chi connectivity index (χ1v) is 16.8. The maximum atomic E-state index is 4.95. The lowest BCUT2D eigenvalue weighted by Gasteiger charge is -2.10. The number of rotatable bonds is 6. The van der Waals surface area contributed by atoms with Crippen LogP contribution in [0.25, 0.3) is 82.5 Å². The molecule has 0 fully saturated rings. The first kappa shape index (κ1) is 28.1. The summed E-state index contributed by atoms with van der Waals surface area (Å²) in [6.07, 6.45) is 0. The van der Waals surface area contributed by atoms with Crippen molar-refractivity contribution < 1.29 is 0 Å². The fourth-order valence-corrected chi connectivity index (χ4v) is 7.74. The molecule has 3 heterocycles. The van der Waals surface area contributed by atoms with Crippen molar-refractivity contribution in [2.45, 2.75) is 0 Å². The van der Waals surface area contributed by atoms with E-state index in [-0.39, 0.29) is 0 Å². The van der Waals surface area contributed by atoms with Crippen LogP contribution < -0.4 is 0 Å². The zero-order valence-corrected chi connectivity index (χ0v) is 26.7. The molecule has 0 atom stereocenters. The number of hydrogen-bond acceptors (Lipinski definition) is 4. The van der Waals surface area contributed by atoms with E-state index in [0.29, 0.717) is 17.5 Å². The molecule has 9 rings (SSSR count). The van der Waals surface area contributed by atoms with E-state index in [1.807, 2.05) is 72.0 Å². The third kappa shape index (κ3) is 4.89. The highest BCUT2D eigenvalue weighted by molar-refractivity contribution is 7.21. The van der Waals surface area contributed by atoms with Crippen molar-refractivity contribution in [3.63, 3.8) is 0 Å². The van der Waals surface area contributed by atoms with Crippen molar-refractivity contribution in [3.8, 4) is 60.7 Å². The van der Waals surface area contributed by atoms with Gasteiger partial charge in [0.05, 0.1) is 15.9 Å². The van der Waals surface area contributed by atoms with Gasteiger partial charge in [0, 0.05) is 38.0 Å². The number of fused-ring (bicyclic) bond motifs is 3. The van der Waals surface area contributed by atoms with Crippen LogP contribution >= 0.6 is 11.3 Å². The molecule has 0 spiro atoms. The zero-order chi connectivity index (χ0) is 31.9. The Kier molecular flexibility index (Phi) is 6.95. The van der Waals surface area contributed by atoms with Crippen molar-refractivity contribution in [2.75, 3.05) is 0 Å². The number of aromatic nitrogens is 4. The molecule has 6 aromatic carbocycles. The highest BCUT2D eigenvalue weighted by Crippen LogP contribution is 2.49. The highest BCUT2D eigenvalue weighted by Gasteiger charge is 2.23. The molecule has 0 aliphatic rings. The van der Waals surface area contributed by atoms with Crippen molar-refractivity contribution in [1.82, 2.24) is 19.5 Å². The van der Waals surface area contributed by atoms with Gasteiger partial charge in [-0.2, -0.15) is 0 Å². The summed E-state index contributed by atoms with van der Waals surface area (Å²) in [5, 5.41) is 2.53. The van der Waals surface area contributed by atoms with Crippen LogP contribution in [0.3, 0.4) is 0 Å². The van der Waals surface area contributed by atoms with Gasteiger partial charge in [0.2, 0.25) is 0 Å². The molecule has 48 heavy (non-hydrogen) atoms. The number of thiophene rings is 1. The fourth-order valence-electron chi connectivity index (χ4n) is 6.43. The number of nitrogens with zero attached hydrogens (tertiary/aromatic N) is 4. The zero-order valence-electron chi connectivity index (χ0n) is 25.9. The Morgan fingerprint density at radius 1 is 0.375 bits per heavy atom. The largest absolute Gasteiger partial charge is 0.308 e. The molecule has 226 valence electrons. The summed E-state index contributed by atoms with van der Waals surface area (Å²) in [5.74, 6) is 1.96. The molecule has 0 bridgehead atoms. The van der Waals surface area contributed by atoms with Gasteiger partial charge in [-0.3, -0.25) is 0 Å². The SMILES string of the molecule is c1ccc(-c2nc(-c3ccccc3)nc(-c3ccc(-c4sc(-c5ccccc5)c5c6ccccc6n(-c6ccccc6)c45)cc3)n2)cc1. The molecular formula is C43H28N4S. The third-order valence-electron chi connectivity index (χ3n) is 8.68. The van der Waals surface area contributed by atoms with Gasteiger partial charge in [-0.15, -0.1) is 11.3 Å². The van der Waals surface area contributed by atoms with Crippen molar-refractivity contribution in [3.05, 3.63) is 170 Å². The standard InChI is InChI=1S/C43H28N4S/c1-5-15-29(16-6-1)39-37-35-23-13-14-24-36(35)47(34-21-11-4-12-22-34)38(37)40(48-39)30-25-27-33(28-26-30)43-45-41(31-17-7-2-8-18-31)44-42(46-43)32-19-9-3-10-20-32/h1-28H. The number of para-hydroxylation sites is 2. The van der Waals surface area contributed by atoms with Gasteiger partial charge in [0.15, 0.2) is 17.5 Å². The van der Waals surface area contributed by atoms with Crippen LogP contribution in [0.2, 0.25) is 0 Å². The van der Waals surface area contributed by atoms with E-state index in [2.05, 4.69) is 114 Å². The van der Waals surface area contributed by atoms with Gasteiger partial charge in [0.25, 0.3) is 0 Å². The first-order valence-electron chi connectivity index (χ1n) is 16.0. The van der Waals surface area contributed by atoms with Gasteiger partial charge >= 0.3 is 0 Å². The minimum absolute atomic E-state index is 0.647. The topological polar surface area (TPSA) is 43.6 Å². The smallest absolute Gasteiger partial charge is 0.164 e. The van der Waals surface area contributed by atoms with Crippen LogP contribution in [-0.4, -0.2) is 19.5 Å². The van der Waals surface area contributed by atoms with Crippen molar-refractivity contribution >= 4 is 33.1 Å². The average Bonchev–Trinajstić information content (AvgIpc) is 3.72. The minimum Gasteiger partial charge on any atom is -0.308 e. The Bertz CT molecular complexity index is 2460. The molecule has 3 aromatic heterocycles. The van der Waals surface area contributed by atoms with Gasteiger partial charge in [-0.05, 0) is 29.3 Å². The predicted molar refractivity (Wildman–Crippen MR) is 199 cm³/mol. The van der Waals surface area contributed by atoms with Gasteiger partial charge < -0.3 is 4.57 Å². The summed E-state index contributed by atoms with van der Waals surface area (Å²) in [6.45, 7) is 0. The van der Waals surface area contributed by atoms with E-state index >= 15 is 0 Å². The van der Waals surface area contributed by atoms with Crippen LogP contribution in [0.15, 0.2) is 170 Å². The maximum Gasteiger partial charge on any atom is 0.164 e. The van der Waals surface area contributed by atoms with Gasteiger partial charge in [-0.1, -0.05) is 152 Å². The lowest BCUT2D eigenvalue weighted by atomic mass is 10.1. The normalized spacial score (nSPS) is 11.3. The summed E-state index contributed by atoms with van der Waals surface area (Å²) in [7, 11) is 0. The highest BCUT2D eigenvalue weighted by atomic mass is 32.1. The van der Waals surface area contributed by atoms with Gasteiger partial charge in [0.1, 0.15) is 0 Å². The van der Waals surface area contributed by atoms with E-state index in [0.717, 1.165) is 27.9 Å². The molecule has 4 nitrogen and oxygen atoms in total. The quantitative estimate of drug-likeness (QED) is 0.183. The maximum absolute atomic E-state index is 4.95. The molecular weight excluding hydrogens is 605 g/mol. The monoisotopic (exact) mass is 632 g/mol. The number of hydrogen-bond donors (Lipinski definition) is 0. The lowest BCUT2D eigenvalue weighted by Crippen LogP contribution is -2.00. The second-order valence-electron chi connectivity index (χ2n) is 11.7. The summed E-state index contributed by atoms with van der Waals surface area (Å²) in [6, 6.07) is 59.0. The Balaban J connectivity index is 1.24. The molecule has 0 N–H and O–H groups in total. The molecule has 5 heteroatoms. The molecule has 0 aliphatic carbocycles. The minimum atomic E-state index is 0.647. The van der Waals surface area contributed by atoms with E-state index in [4.69, 9.17) is 15.0 Å². The second kappa shape index (κ2) is 11.9. The van der Waals surface area contributed by atoms with E-state index in [9.17, 15) is 0 Å². The van der Waals surface area contributed by atoms with Crippen LogP contribution in [0.1, 0.15) is 0 Å². The Labute approximate surface area is 282 Å². The third-order valence-corrected chi connectivity index (χ3v) is 9.95. The average molecular weight is 633 g/mol. The molecule has 9 aromatic rings. The Hall–Kier alpha value is -6.17. The van der Waals surface area contributed by atoms with Crippen molar-refractivity contribution in [1.29, 1.82) is 0 Å². The van der Waals surface area contributed by atoms with Crippen LogP contribution in [0.4, 0.5) is 0 Å². The summed E-state index contributed by atoms with van der Waals surface area (Å²) in [4.78, 5) is 17.3. The number of benzene rings is 6. The fraction of sp³-hybridized carbons (Fsp3) is 0. The first-order chi connectivity index (χ1) is 23.8. The van der Waals surface area contributed by atoms with Crippen molar-refractivity contribution in [2.24, 2.45) is 0 Å². The molecule has 0 saturated heterocycles. The second-order valence-corrected chi connectivity index (χ2v) is 12.7. The molecule has 0 amide bonds. The Morgan fingerprint density at radius 2 is 0.792 bits per heavy atom. The molecule has 0 unspecified atom stereocenters. The van der Waals surface area contributed by atoms with Gasteiger partial charge in [-0.25, -0.2) is 15.0 Å². The summed E-state index contributed by atoms with van der Waals surface area (Å²) < 4.78 is 2.42. The van der Waals surface area contributed by atoms with E-state index in [1.165, 1.54) is 37.1 Å². The van der Waals surface area contributed by atoms with E-state index in [1.54, 1.807) is 0 Å². The van der Waals surface area contributed by atoms with Crippen LogP contribution in [-0.2, 0) is 0 Å². The predicted octanol–water partition coefficient (Wildman–Crippen LogP) is 11.4. The molecule has 0 aliphatic heterocycles. The summed E-state index contributed by atoms with van der Waals surface area (Å²) in [5.41, 5.74) is 8.79. The molecule has 0 radical (unpaired) electrons. The molecule has 0 saturated carbocycles. The van der Waals surface area contributed by atoms with Crippen LogP contribution in [0, 0.1) is 0 Å². The summed E-state index contributed by atoms with van der Waals surface area (Å²) >= 11 is 1.85. The lowest BCUT2D eigenvalue weighted by molar-refractivity contribution is 1.07.